The first-order chi connectivity index (χ1) is 20.7. The van der Waals surface area contributed by atoms with Crippen LogP contribution < -0.4 is 5.73 Å². The topological polar surface area (TPSA) is 75.5 Å². The Morgan fingerprint density at radius 2 is 0.860 bits per heavy atom. The standard InChI is InChI=1S/C34H40N4.C4H11N/c1-9-13-25-21(7)28-15-27-19(5)23(11-3)31(35-27)16-29-20(6)24(12-4)32(36-29)17-30-22(8)26(14-10-2)34(38-30)18-33(25)37-28;1-2-3-4-5/h15-18H,9-14H2,1-8H3;2-5H2,1H3. The average molecular weight is 578 g/mol. The summed E-state index contributed by atoms with van der Waals surface area (Å²) in [6, 6.07) is 0. The lowest BCUT2D eigenvalue weighted by molar-refractivity contribution is 0.807. The van der Waals surface area contributed by atoms with E-state index >= 15 is 0 Å². The SMILES string of the molecule is CCCC1=C(C)C2=NC1=CC1=NC(=CC3=NC(=CC4=NC(=C2)C(C)=C4CC)C(C)=C3CC)C(C)=C1CCC.CCCCN. The molecular formula is C38H51N5. The highest BCUT2D eigenvalue weighted by molar-refractivity contribution is 6.20. The van der Waals surface area contributed by atoms with Crippen LogP contribution in [0.1, 0.15) is 114 Å². The number of rotatable bonds is 8. The van der Waals surface area contributed by atoms with Gasteiger partial charge in [-0.05, 0) is 135 Å². The van der Waals surface area contributed by atoms with E-state index < -0.39 is 0 Å². The van der Waals surface area contributed by atoms with Crippen molar-refractivity contribution >= 4 is 22.8 Å². The van der Waals surface area contributed by atoms with E-state index in [0.29, 0.717) is 0 Å². The third-order valence-corrected chi connectivity index (χ3v) is 8.91. The number of allylic oxidation sites excluding steroid dienone is 12. The predicted molar refractivity (Wildman–Crippen MR) is 187 cm³/mol. The van der Waals surface area contributed by atoms with Crippen molar-refractivity contribution < 1.29 is 0 Å². The number of unbranched alkanes of at least 4 members (excludes halogenated alkanes) is 1. The van der Waals surface area contributed by atoms with Gasteiger partial charge in [-0.1, -0.05) is 53.9 Å². The fraction of sp³-hybridized carbons (Fsp3) is 0.474. The minimum atomic E-state index is 0.844. The second-order valence-corrected chi connectivity index (χ2v) is 11.9. The molecule has 8 bridgehead atoms. The van der Waals surface area contributed by atoms with Crippen LogP contribution in [0.2, 0.25) is 0 Å². The van der Waals surface area contributed by atoms with E-state index in [1.807, 2.05) is 0 Å². The minimum absolute atomic E-state index is 0.844. The molecule has 0 atom stereocenters. The van der Waals surface area contributed by atoms with E-state index in [0.717, 1.165) is 90.7 Å². The first kappa shape index (κ1) is 32.5. The fourth-order valence-corrected chi connectivity index (χ4v) is 6.30. The van der Waals surface area contributed by atoms with Gasteiger partial charge in [0.1, 0.15) is 0 Å². The van der Waals surface area contributed by atoms with Crippen LogP contribution in [0.4, 0.5) is 0 Å². The van der Waals surface area contributed by atoms with Gasteiger partial charge in [0.15, 0.2) is 0 Å². The highest BCUT2D eigenvalue weighted by atomic mass is 14.9. The van der Waals surface area contributed by atoms with Crippen molar-refractivity contribution in [3.05, 3.63) is 91.7 Å². The van der Waals surface area contributed by atoms with Crippen molar-refractivity contribution in [3.63, 3.8) is 0 Å². The Labute approximate surface area is 260 Å². The van der Waals surface area contributed by atoms with Gasteiger partial charge in [0.25, 0.3) is 0 Å². The summed E-state index contributed by atoms with van der Waals surface area (Å²) in [5.74, 6) is 0. The highest BCUT2D eigenvalue weighted by Crippen LogP contribution is 2.38. The quantitative estimate of drug-likeness (QED) is 0.306. The zero-order valence-electron chi connectivity index (χ0n) is 28.0. The zero-order chi connectivity index (χ0) is 31.3. The van der Waals surface area contributed by atoms with Gasteiger partial charge in [-0.2, -0.15) is 0 Å². The molecule has 0 aliphatic carbocycles. The molecule has 5 heteroatoms. The molecule has 2 N–H and O–H groups in total. The summed E-state index contributed by atoms with van der Waals surface area (Å²) >= 11 is 0. The van der Waals surface area contributed by atoms with Gasteiger partial charge in [-0.3, -0.25) is 0 Å². The van der Waals surface area contributed by atoms with Gasteiger partial charge in [-0.15, -0.1) is 0 Å². The van der Waals surface area contributed by atoms with E-state index in [9.17, 15) is 0 Å². The van der Waals surface area contributed by atoms with Gasteiger partial charge >= 0.3 is 0 Å². The molecule has 0 unspecified atom stereocenters. The first-order valence-corrected chi connectivity index (χ1v) is 16.5. The summed E-state index contributed by atoms with van der Waals surface area (Å²) in [6.07, 6.45) is 17.2. The Bertz CT molecular complexity index is 1550. The van der Waals surface area contributed by atoms with Crippen LogP contribution >= 0.6 is 0 Å². The summed E-state index contributed by atoms with van der Waals surface area (Å²) in [5, 5.41) is 0. The predicted octanol–water partition coefficient (Wildman–Crippen LogP) is 9.79. The van der Waals surface area contributed by atoms with Crippen LogP contribution in [-0.4, -0.2) is 29.4 Å². The lowest BCUT2D eigenvalue weighted by Crippen LogP contribution is -1.99. The van der Waals surface area contributed by atoms with E-state index in [1.54, 1.807) is 0 Å². The molecule has 0 saturated carbocycles. The number of aliphatic imine (C=N–C) groups is 4. The van der Waals surface area contributed by atoms with Crippen molar-refractivity contribution in [1.29, 1.82) is 0 Å². The van der Waals surface area contributed by atoms with E-state index in [1.165, 1.54) is 57.4 Å². The molecule has 228 valence electrons. The summed E-state index contributed by atoms with van der Waals surface area (Å²) in [7, 11) is 0. The maximum Gasteiger partial charge on any atom is 0.0694 e. The van der Waals surface area contributed by atoms with Crippen molar-refractivity contribution in [3.8, 4) is 0 Å². The van der Waals surface area contributed by atoms with Crippen LogP contribution in [0.3, 0.4) is 0 Å². The largest absolute Gasteiger partial charge is 0.330 e. The Morgan fingerprint density at radius 3 is 1.28 bits per heavy atom. The smallest absolute Gasteiger partial charge is 0.0694 e. The lowest BCUT2D eigenvalue weighted by Gasteiger charge is -2.07. The molecule has 5 aliphatic rings. The van der Waals surface area contributed by atoms with E-state index in [4.69, 9.17) is 25.7 Å². The zero-order valence-corrected chi connectivity index (χ0v) is 28.0. The highest BCUT2D eigenvalue weighted by Gasteiger charge is 2.28. The van der Waals surface area contributed by atoms with Crippen LogP contribution in [0.15, 0.2) is 112 Å². The van der Waals surface area contributed by atoms with E-state index in [-0.39, 0.29) is 0 Å². The summed E-state index contributed by atoms with van der Waals surface area (Å²) in [5.41, 5.74) is 23.6. The summed E-state index contributed by atoms with van der Waals surface area (Å²) in [6.45, 7) is 20.7. The fourth-order valence-electron chi connectivity index (χ4n) is 6.30. The second-order valence-electron chi connectivity index (χ2n) is 11.9. The molecule has 0 aromatic heterocycles. The molecule has 5 heterocycles. The van der Waals surface area contributed by atoms with Crippen molar-refractivity contribution in [1.82, 2.24) is 0 Å². The van der Waals surface area contributed by atoms with E-state index in [2.05, 4.69) is 86.6 Å². The molecule has 43 heavy (non-hydrogen) atoms. The Hall–Kier alpha value is -3.44. The third kappa shape index (κ3) is 6.57. The molecule has 0 aromatic rings. The first-order valence-electron chi connectivity index (χ1n) is 16.5. The normalized spacial score (nSPS) is 19.6. The lowest BCUT2D eigenvalue weighted by atomic mass is 9.96. The Balaban J connectivity index is 0.000000782. The number of nitrogens with two attached hydrogens (primary N) is 1. The third-order valence-electron chi connectivity index (χ3n) is 8.91. The second kappa shape index (κ2) is 14.4. The van der Waals surface area contributed by atoms with Crippen molar-refractivity contribution in [2.45, 2.75) is 114 Å². The molecule has 5 aliphatic heterocycles. The number of nitrogens with zero attached hydrogens (tertiary/aromatic N) is 4. The van der Waals surface area contributed by atoms with Gasteiger partial charge in [0, 0.05) is 0 Å². The molecule has 0 amide bonds. The van der Waals surface area contributed by atoms with Gasteiger partial charge in [0.05, 0.1) is 45.6 Å². The molecule has 0 fully saturated rings. The molecule has 5 nitrogen and oxygen atoms in total. The molecule has 0 aromatic carbocycles. The Morgan fingerprint density at radius 1 is 0.465 bits per heavy atom. The van der Waals surface area contributed by atoms with Crippen LogP contribution in [0, 0.1) is 0 Å². The maximum absolute atomic E-state index is 5.19. The van der Waals surface area contributed by atoms with Gasteiger partial charge in [0.2, 0.25) is 0 Å². The van der Waals surface area contributed by atoms with Crippen LogP contribution in [-0.2, 0) is 0 Å². The monoisotopic (exact) mass is 577 g/mol. The molecule has 0 saturated heterocycles. The van der Waals surface area contributed by atoms with Gasteiger partial charge in [-0.25, -0.2) is 20.0 Å². The molecule has 0 radical (unpaired) electrons. The van der Waals surface area contributed by atoms with Crippen molar-refractivity contribution in [2.24, 2.45) is 25.7 Å². The van der Waals surface area contributed by atoms with Crippen LogP contribution in [0.5, 0.6) is 0 Å². The molecule has 5 rings (SSSR count). The minimum Gasteiger partial charge on any atom is -0.330 e. The number of hydrogen-bond donors (Lipinski definition) is 1. The molecular weight excluding hydrogens is 526 g/mol. The summed E-state index contributed by atoms with van der Waals surface area (Å²) < 4.78 is 0. The maximum atomic E-state index is 5.19. The van der Waals surface area contributed by atoms with Crippen LogP contribution in [0.25, 0.3) is 0 Å². The summed E-state index contributed by atoms with van der Waals surface area (Å²) in [4.78, 5) is 20.6. The van der Waals surface area contributed by atoms with Gasteiger partial charge < -0.3 is 5.73 Å². The Kier molecular flexibility index (Phi) is 10.8. The van der Waals surface area contributed by atoms with Crippen molar-refractivity contribution in [2.75, 3.05) is 6.54 Å². The number of hydrogen-bond acceptors (Lipinski definition) is 5. The molecule has 0 spiro atoms. The number of fused-ring (bicyclic) bond motifs is 4. The average Bonchev–Trinajstić information content (AvgIpc) is 3.64.